The van der Waals surface area contributed by atoms with E-state index in [1.807, 2.05) is 0 Å². The summed E-state index contributed by atoms with van der Waals surface area (Å²) in [6, 6.07) is 7.05. The predicted molar refractivity (Wildman–Crippen MR) is 53.6 cm³/mol. The van der Waals surface area contributed by atoms with Gasteiger partial charge in [-0.05, 0) is 17.7 Å². The van der Waals surface area contributed by atoms with Gasteiger partial charge in [0.05, 0.1) is 6.07 Å². The number of rotatable bonds is 2. The van der Waals surface area contributed by atoms with Gasteiger partial charge < -0.3 is 0 Å². The summed E-state index contributed by atoms with van der Waals surface area (Å²) >= 11 is 3.06. The van der Waals surface area contributed by atoms with Crippen LogP contribution in [0.3, 0.4) is 0 Å². The topological polar surface area (TPSA) is 40.9 Å². The predicted octanol–water partition coefficient (Wildman–Crippen LogP) is 3.19. The first-order valence-electron chi connectivity index (χ1n) is 4.12. The summed E-state index contributed by atoms with van der Waals surface area (Å²) in [4.78, 5) is 10.9. The Morgan fingerprint density at radius 2 is 2.06 bits per heavy atom. The van der Waals surface area contributed by atoms with E-state index < -0.39 is 17.9 Å². The zero-order valence-corrected chi connectivity index (χ0v) is 9.34. The maximum atomic E-state index is 12.2. The molecule has 0 aliphatic heterocycles. The van der Waals surface area contributed by atoms with Crippen molar-refractivity contribution in [2.45, 2.75) is 12.1 Å². The number of nitriles is 1. The number of hydrogen-bond acceptors (Lipinski definition) is 2. The summed E-state index contributed by atoms with van der Waals surface area (Å²) in [6.07, 6.45) is -5.00. The van der Waals surface area contributed by atoms with Crippen LogP contribution in [0.25, 0.3) is 0 Å². The van der Waals surface area contributed by atoms with Gasteiger partial charge in [0.25, 0.3) is 5.78 Å². The molecule has 84 valence electrons. The minimum atomic E-state index is -5.00. The number of halogens is 4. The molecule has 0 fully saturated rings. The third-order valence-corrected chi connectivity index (χ3v) is 2.35. The lowest BCUT2D eigenvalue weighted by atomic mass is 9.96. The van der Waals surface area contributed by atoms with Crippen LogP contribution in [0, 0.1) is 11.3 Å². The first kappa shape index (κ1) is 12.7. The van der Waals surface area contributed by atoms with Gasteiger partial charge in [0.2, 0.25) is 0 Å². The van der Waals surface area contributed by atoms with Crippen molar-refractivity contribution in [3.05, 3.63) is 34.3 Å². The molecule has 0 N–H and O–H groups in total. The van der Waals surface area contributed by atoms with Crippen LogP contribution < -0.4 is 0 Å². The lowest BCUT2D eigenvalue weighted by molar-refractivity contribution is -0.171. The van der Waals surface area contributed by atoms with E-state index in [4.69, 9.17) is 5.26 Å². The van der Waals surface area contributed by atoms with Crippen molar-refractivity contribution in [2.75, 3.05) is 0 Å². The quantitative estimate of drug-likeness (QED) is 0.840. The monoisotopic (exact) mass is 291 g/mol. The molecule has 0 saturated heterocycles. The molecule has 1 aromatic carbocycles. The second kappa shape index (κ2) is 4.66. The number of benzene rings is 1. The average Bonchev–Trinajstić information content (AvgIpc) is 2.17. The van der Waals surface area contributed by atoms with E-state index in [1.54, 1.807) is 6.07 Å². The molecule has 1 rings (SSSR count). The Kier molecular flexibility index (Phi) is 3.70. The molecule has 0 heterocycles. The first-order chi connectivity index (χ1) is 7.36. The first-order valence-corrected chi connectivity index (χ1v) is 4.91. The van der Waals surface area contributed by atoms with Gasteiger partial charge in [0.15, 0.2) is 0 Å². The Hall–Kier alpha value is -1.35. The van der Waals surface area contributed by atoms with Gasteiger partial charge in [-0.25, -0.2) is 0 Å². The van der Waals surface area contributed by atoms with Crippen LogP contribution in [0.4, 0.5) is 13.2 Å². The molecule has 0 bridgehead atoms. The third-order valence-electron chi connectivity index (χ3n) is 1.85. The summed E-state index contributed by atoms with van der Waals surface area (Å²) in [7, 11) is 0. The van der Waals surface area contributed by atoms with Crippen LogP contribution in [0.2, 0.25) is 0 Å². The van der Waals surface area contributed by atoms with Crippen molar-refractivity contribution in [3.8, 4) is 6.07 Å². The van der Waals surface area contributed by atoms with E-state index in [9.17, 15) is 18.0 Å². The molecule has 0 aliphatic carbocycles. The molecular weight excluding hydrogens is 287 g/mol. The van der Waals surface area contributed by atoms with E-state index in [1.165, 1.54) is 24.3 Å². The van der Waals surface area contributed by atoms with Gasteiger partial charge in [0.1, 0.15) is 5.92 Å². The van der Waals surface area contributed by atoms with E-state index in [-0.39, 0.29) is 5.56 Å². The summed E-state index contributed by atoms with van der Waals surface area (Å²) in [6.45, 7) is 0. The Morgan fingerprint density at radius 1 is 1.44 bits per heavy atom. The van der Waals surface area contributed by atoms with Gasteiger partial charge >= 0.3 is 6.18 Å². The van der Waals surface area contributed by atoms with Crippen molar-refractivity contribution >= 4 is 21.7 Å². The fourth-order valence-electron chi connectivity index (χ4n) is 1.13. The smallest absolute Gasteiger partial charge is 0.288 e. The molecule has 0 aliphatic rings. The van der Waals surface area contributed by atoms with Crippen LogP contribution in [0.5, 0.6) is 0 Å². The van der Waals surface area contributed by atoms with Gasteiger partial charge in [-0.3, -0.25) is 4.79 Å². The number of Topliss-reactive ketones (excluding diaryl/α,β-unsaturated/α-hetero) is 1. The van der Waals surface area contributed by atoms with Crippen molar-refractivity contribution < 1.29 is 18.0 Å². The van der Waals surface area contributed by atoms with Crippen LogP contribution in [-0.4, -0.2) is 12.0 Å². The van der Waals surface area contributed by atoms with Gasteiger partial charge in [0, 0.05) is 4.47 Å². The van der Waals surface area contributed by atoms with Crippen molar-refractivity contribution in [1.82, 2.24) is 0 Å². The summed E-state index contributed by atoms with van der Waals surface area (Å²) in [5.74, 6) is -3.86. The highest BCUT2D eigenvalue weighted by Crippen LogP contribution is 2.28. The Morgan fingerprint density at radius 3 is 2.50 bits per heavy atom. The molecule has 6 heteroatoms. The van der Waals surface area contributed by atoms with E-state index in [2.05, 4.69) is 15.9 Å². The molecule has 0 amide bonds. The molecule has 0 unspecified atom stereocenters. The van der Waals surface area contributed by atoms with Crippen LogP contribution in [-0.2, 0) is 4.79 Å². The Bertz CT molecular complexity index is 450. The van der Waals surface area contributed by atoms with Crippen molar-refractivity contribution in [1.29, 1.82) is 5.26 Å². The van der Waals surface area contributed by atoms with Crippen molar-refractivity contribution in [2.24, 2.45) is 0 Å². The van der Waals surface area contributed by atoms with Gasteiger partial charge in [-0.1, -0.05) is 28.1 Å². The number of carbonyl (C=O) groups is 1. The Labute approximate surface area is 97.8 Å². The standard InChI is InChI=1S/C10H5BrF3NO/c11-7-3-1-2-6(4-7)8(5-15)9(16)10(12,13)14/h1-4,8H/t8-/m0/s1. The summed E-state index contributed by atoms with van der Waals surface area (Å²) in [5.41, 5.74) is 0.0270. The normalized spacial score (nSPS) is 12.9. The van der Waals surface area contributed by atoms with Crippen LogP contribution in [0.15, 0.2) is 28.7 Å². The van der Waals surface area contributed by atoms with E-state index in [0.29, 0.717) is 4.47 Å². The number of alkyl halides is 3. The van der Waals surface area contributed by atoms with Crippen molar-refractivity contribution in [3.63, 3.8) is 0 Å². The number of ketones is 1. The largest absolute Gasteiger partial charge is 0.451 e. The zero-order valence-electron chi connectivity index (χ0n) is 7.75. The Balaban J connectivity index is 3.10. The highest BCUT2D eigenvalue weighted by atomic mass is 79.9. The maximum absolute atomic E-state index is 12.2. The highest BCUT2D eigenvalue weighted by Gasteiger charge is 2.44. The number of nitrogens with zero attached hydrogens (tertiary/aromatic N) is 1. The molecule has 2 nitrogen and oxygen atoms in total. The third kappa shape index (κ3) is 2.83. The van der Waals surface area contributed by atoms with E-state index >= 15 is 0 Å². The zero-order chi connectivity index (χ0) is 12.3. The second-order valence-electron chi connectivity index (χ2n) is 2.98. The molecule has 0 saturated carbocycles. The van der Waals surface area contributed by atoms with Crippen LogP contribution >= 0.6 is 15.9 Å². The molecule has 0 radical (unpaired) electrons. The maximum Gasteiger partial charge on any atom is 0.451 e. The lowest BCUT2D eigenvalue weighted by Gasteiger charge is -2.11. The van der Waals surface area contributed by atoms with E-state index in [0.717, 1.165) is 0 Å². The highest BCUT2D eigenvalue weighted by molar-refractivity contribution is 9.10. The summed E-state index contributed by atoms with van der Waals surface area (Å²) in [5, 5.41) is 8.62. The number of hydrogen-bond donors (Lipinski definition) is 0. The minimum Gasteiger partial charge on any atom is -0.288 e. The molecule has 0 aromatic heterocycles. The average molecular weight is 292 g/mol. The fraction of sp³-hybridized carbons (Fsp3) is 0.200. The molecule has 16 heavy (non-hydrogen) atoms. The summed E-state index contributed by atoms with van der Waals surface area (Å²) < 4.78 is 37.0. The van der Waals surface area contributed by atoms with Gasteiger partial charge in [-0.15, -0.1) is 0 Å². The van der Waals surface area contributed by atoms with Gasteiger partial charge in [-0.2, -0.15) is 18.4 Å². The number of carbonyl (C=O) groups excluding carboxylic acids is 1. The minimum absolute atomic E-state index is 0.0270. The molecule has 1 atom stereocenters. The molecule has 0 spiro atoms. The van der Waals surface area contributed by atoms with Crippen LogP contribution in [0.1, 0.15) is 11.5 Å². The molecular formula is C10H5BrF3NO. The fourth-order valence-corrected chi connectivity index (χ4v) is 1.55. The molecule has 1 aromatic rings. The lowest BCUT2D eigenvalue weighted by Crippen LogP contribution is -2.28. The SMILES string of the molecule is N#C[C@H](C(=O)C(F)(F)F)c1cccc(Br)c1. The second-order valence-corrected chi connectivity index (χ2v) is 3.89.